The lowest BCUT2D eigenvalue weighted by molar-refractivity contribution is 0.0620. The van der Waals surface area contributed by atoms with Gasteiger partial charge in [-0.15, -0.1) is 0 Å². The van der Waals surface area contributed by atoms with Crippen LogP contribution in [0.15, 0.2) is 12.2 Å². The Morgan fingerprint density at radius 2 is 2.00 bits per heavy atom. The van der Waals surface area contributed by atoms with Crippen molar-refractivity contribution in [1.29, 1.82) is 0 Å². The van der Waals surface area contributed by atoms with Crippen LogP contribution in [0.5, 0.6) is 0 Å². The van der Waals surface area contributed by atoms with Crippen LogP contribution in [0.25, 0.3) is 0 Å². The number of rotatable bonds is 1. The Bertz CT molecular complexity index is 173. The quantitative estimate of drug-likeness (QED) is 0.565. The summed E-state index contributed by atoms with van der Waals surface area (Å²) in [5.74, 6) is 0.795. The van der Waals surface area contributed by atoms with Crippen LogP contribution < -0.4 is 5.32 Å². The van der Waals surface area contributed by atoms with Crippen LogP contribution in [0.2, 0.25) is 0 Å². The molecular weight excluding hydrogens is 134 g/mol. The Labute approximate surface area is 68.9 Å². The number of hydrogen-bond acceptors (Lipinski definition) is 1. The highest BCUT2D eigenvalue weighted by atomic mass is 15.0. The zero-order valence-corrected chi connectivity index (χ0v) is 7.43. The van der Waals surface area contributed by atoms with Gasteiger partial charge in [-0.05, 0) is 18.8 Å². The van der Waals surface area contributed by atoms with Crippen molar-refractivity contribution in [2.75, 3.05) is 6.54 Å². The van der Waals surface area contributed by atoms with E-state index in [-0.39, 0.29) is 0 Å². The van der Waals surface area contributed by atoms with Gasteiger partial charge in [0.05, 0.1) is 0 Å². The molecular formula is C10H17N. The summed E-state index contributed by atoms with van der Waals surface area (Å²) in [5, 5.41) is 3.54. The van der Waals surface area contributed by atoms with Crippen LogP contribution >= 0.6 is 0 Å². The van der Waals surface area contributed by atoms with Crippen molar-refractivity contribution >= 4 is 0 Å². The fourth-order valence-corrected chi connectivity index (χ4v) is 2.57. The van der Waals surface area contributed by atoms with Crippen LogP contribution in [-0.4, -0.2) is 12.6 Å². The molecule has 1 aliphatic carbocycles. The van der Waals surface area contributed by atoms with Gasteiger partial charge < -0.3 is 5.32 Å². The summed E-state index contributed by atoms with van der Waals surface area (Å²) >= 11 is 0. The minimum absolute atomic E-state index is 0.633. The molecule has 1 saturated heterocycles. The third kappa shape index (κ3) is 0.943. The van der Waals surface area contributed by atoms with Crippen LogP contribution in [0.4, 0.5) is 0 Å². The number of hydrogen-bond donors (Lipinski definition) is 1. The SMILES string of the molecule is CC(C)[C@@H]1NCC12CC=CC2. The zero-order valence-electron chi connectivity index (χ0n) is 7.43. The van der Waals surface area contributed by atoms with Crippen LogP contribution in [0.1, 0.15) is 26.7 Å². The van der Waals surface area contributed by atoms with E-state index in [0.29, 0.717) is 5.41 Å². The van der Waals surface area contributed by atoms with E-state index < -0.39 is 0 Å². The predicted octanol–water partition coefficient (Wildman–Crippen LogP) is 1.95. The molecule has 0 radical (unpaired) electrons. The average molecular weight is 151 g/mol. The van der Waals surface area contributed by atoms with Crippen molar-refractivity contribution < 1.29 is 0 Å². The summed E-state index contributed by atoms with van der Waals surface area (Å²) in [5.41, 5.74) is 0.633. The van der Waals surface area contributed by atoms with Gasteiger partial charge in [0.15, 0.2) is 0 Å². The van der Waals surface area contributed by atoms with Gasteiger partial charge in [-0.1, -0.05) is 26.0 Å². The lowest BCUT2D eigenvalue weighted by atomic mass is 9.67. The first kappa shape index (κ1) is 7.35. The molecule has 2 aliphatic rings. The van der Waals surface area contributed by atoms with Crippen molar-refractivity contribution in [2.24, 2.45) is 11.3 Å². The Morgan fingerprint density at radius 3 is 2.36 bits per heavy atom. The Kier molecular flexibility index (Phi) is 1.57. The van der Waals surface area contributed by atoms with Crippen molar-refractivity contribution in [3.8, 4) is 0 Å². The number of allylic oxidation sites excluding steroid dienone is 2. The van der Waals surface area contributed by atoms with Crippen molar-refractivity contribution in [2.45, 2.75) is 32.7 Å². The van der Waals surface area contributed by atoms with Gasteiger partial charge in [-0.3, -0.25) is 0 Å². The van der Waals surface area contributed by atoms with Gasteiger partial charge in [0, 0.05) is 18.0 Å². The molecule has 1 heteroatoms. The third-order valence-corrected chi connectivity index (χ3v) is 3.22. The fraction of sp³-hybridized carbons (Fsp3) is 0.800. The Morgan fingerprint density at radius 1 is 1.36 bits per heavy atom. The van der Waals surface area contributed by atoms with Gasteiger partial charge in [0.1, 0.15) is 0 Å². The lowest BCUT2D eigenvalue weighted by Gasteiger charge is -2.50. The fourth-order valence-electron chi connectivity index (χ4n) is 2.57. The summed E-state index contributed by atoms with van der Waals surface area (Å²) < 4.78 is 0. The molecule has 1 spiro atoms. The van der Waals surface area contributed by atoms with Gasteiger partial charge in [-0.25, -0.2) is 0 Å². The molecule has 0 bridgehead atoms. The van der Waals surface area contributed by atoms with E-state index in [2.05, 4.69) is 31.3 Å². The minimum Gasteiger partial charge on any atom is -0.312 e. The smallest absolute Gasteiger partial charge is 0.0165 e. The van der Waals surface area contributed by atoms with Crippen molar-refractivity contribution in [3.05, 3.63) is 12.2 Å². The molecule has 1 heterocycles. The molecule has 62 valence electrons. The maximum atomic E-state index is 3.54. The highest BCUT2D eigenvalue weighted by molar-refractivity contribution is 5.14. The van der Waals surface area contributed by atoms with E-state index in [4.69, 9.17) is 0 Å². The zero-order chi connectivity index (χ0) is 7.90. The molecule has 0 aromatic carbocycles. The standard InChI is InChI=1S/C10H17N/c1-8(2)9-10(7-11-9)5-3-4-6-10/h3-4,8-9,11H,5-7H2,1-2H3/t9-/m0/s1. The second-order valence-electron chi connectivity index (χ2n) is 4.34. The average Bonchev–Trinajstić information content (AvgIpc) is 2.31. The molecule has 1 N–H and O–H groups in total. The predicted molar refractivity (Wildman–Crippen MR) is 47.4 cm³/mol. The summed E-state index contributed by atoms with van der Waals surface area (Å²) in [6.07, 6.45) is 7.30. The first-order valence-corrected chi connectivity index (χ1v) is 4.63. The molecule has 1 aliphatic heterocycles. The highest BCUT2D eigenvalue weighted by Crippen LogP contribution is 2.44. The number of nitrogens with one attached hydrogen (secondary N) is 1. The summed E-state index contributed by atoms with van der Waals surface area (Å²) in [4.78, 5) is 0. The maximum Gasteiger partial charge on any atom is 0.0165 e. The Hall–Kier alpha value is -0.300. The summed E-state index contributed by atoms with van der Waals surface area (Å²) in [6.45, 7) is 5.87. The van der Waals surface area contributed by atoms with E-state index in [9.17, 15) is 0 Å². The topological polar surface area (TPSA) is 12.0 Å². The third-order valence-electron chi connectivity index (χ3n) is 3.22. The van der Waals surface area contributed by atoms with Gasteiger partial charge in [0.25, 0.3) is 0 Å². The van der Waals surface area contributed by atoms with Crippen molar-refractivity contribution in [3.63, 3.8) is 0 Å². The highest BCUT2D eigenvalue weighted by Gasteiger charge is 2.47. The van der Waals surface area contributed by atoms with E-state index >= 15 is 0 Å². The molecule has 0 unspecified atom stereocenters. The van der Waals surface area contributed by atoms with Gasteiger partial charge >= 0.3 is 0 Å². The monoisotopic (exact) mass is 151 g/mol. The molecule has 1 nitrogen and oxygen atoms in total. The van der Waals surface area contributed by atoms with Crippen molar-refractivity contribution in [1.82, 2.24) is 5.32 Å². The van der Waals surface area contributed by atoms with E-state index in [1.165, 1.54) is 19.4 Å². The molecule has 2 rings (SSSR count). The summed E-state index contributed by atoms with van der Waals surface area (Å²) in [6, 6.07) is 0.775. The molecule has 1 fully saturated rings. The van der Waals surface area contributed by atoms with Crippen LogP contribution in [-0.2, 0) is 0 Å². The van der Waals surface area contributed by atoms with E-state index in [0.717, 1.165) is 12.0 Å². The molecule has 0 amide bonds. The minimum atomic E-state index is 0.633. The maximum absolute atomic E-state index is 3.54. The first-order valence-electron chi connectivity index (χ1n) is 4.63. The largest absolute Gasteiger partial charge is 0.312 e. The molecule has 11 heavy (non-hydrogen) atoms. The van der Waals surface area contributed by atoms with Gasteiger partial charge in [0.2, 0.25) is 0 Å². The Balaban J connectivity index is 2.05. The molecule has 0 aromatic rings. The molecule has 0 saturated carbocycles. The molecule has 0 aromatic heterocycles. The second kappa shape index (κ2) is 2.34. The van der Waals surface area contributed by atoms with E-state index in [1.54, 1.807) is 0 Å². The van der Waals surface area contributed by atoms with Crippen LogP contribution in [0, 0.1) is 11.3 Å². The van der Waals surface area contributed by atoms with E-state index in [1.807, 2.05) is 0 Å². The second-order valence-corrected chi connectivity index (χ2v) is 4.34. The van der Waals surface area contributed by atoms with Gasteiger partial charge in [-0.2, -0.15) is 0 Å². The first-order chi connectivity index (χ1) is 5.25. The lowest BCUT2D eigenvalue weighted by Crippen LogP contribution is -2.63. The normalized spacial score (nSPS) is 33.2. The summed E-state index contributed by atoms with van der Waals surface area (Å²) in [7, 11) is 0. The van der Waals surface area contributed by atoms with Crippen LogP contribution in [0.3, 0.4) is 0 Å². The molecule has 1 atom stereocenters.